The molecule has 2 rings (SSSR count). The molecular formula is C11H15IO5. The number of aliphatic hydroxyl groups is 1. The van der Waals surface area contributed by atoms with Crippen molar-refractivity contribution in [3.63, 3.8) is 0 Å². The first-order valence-electron chi connectivity index (χ1n) is 5.28. The van der Waals surface area contributed by atoms with Gasteiger partial charge < -0.3 is 24.1 Å². The second kappa shape index (κ2) is 4.64. The van der Waals surface area contributed by atoms with Crippen molar-refractivity contribution in [1.82, 2.24) is 0 Å². The SMILES string of the molecule is COC[C@H]1O[C@@H]2OC(C)(C)O[C@@H]2[C@]1(O)C#CI. The Morgan fingerprint density at radius 2 is 2.12 bits per heavy atom. The standard InChI is InChI=1S/C11H15IO5/c1-10(2)16-8-9(17-10)15-7(6-14-3)11(8,13)4-5-12/h7-9,13H,6H2,1-3H3/t7-,8+,9-,11+/m1/s1. The first-order valence-corrected chi connectivity index (χ1v) is 6.36. The van der Waals surface area contributed by atoms with Gasteiger partial charge >= 0.3 is 0 Å². The molecule has 0 aromatic rings. The van der Waals surface area contributed by atoms with E-state index in [0.29, 0.717) is 0 Å². The highest BCUT2D eigenvalue weighted by Gasteiger charge is 2.62. The van der Waals surface area contributed by atoms with Crippen molar-refractivity contribution in [2.45, 2.75) is 43.7 Å². The van der Waals surface area contributed by atoms with Crippen LogP contribution in [0.3, 0.4) is 0 Å². The Kier molecular flexibility index (Phi) is 3.69. The van der Waals surface area contributed by atoms with E-state index in [-0.39, 0.29) is 6.61 Å². The summed E-state index contributed by atoms with van der Waals surface area (Å²) >= 11 is 1.87. The maximum atomic E-state index is 10.6. The summed E-state index contributed by atoms with van der Waals surface area (Å²) in [6.45, 7) is 3.79. The number of fused-ring (bicyclic) bond motifs is 1. The van der Waals surface area contributed by atoms with Crippen LogP contribution in [0.2, 0.25) is 0 Å². The van der Waals surface area contributed by atoms with Crippen molar-refractivity contribution >= 4 is 22.6 Å². The van der Waals surface area contributed by atoms with Crippen molar-refractivity contribution in [2.75, 3.05) is 13.7 Å². The zero-order valence-corrected chi connectivity index (χ0v) is 12.1. The quantitative estimate of drug-likeness (QED) is 0.583. The van der Waals surface area contributed by atoms with Crippen LogP contribution >= 0.6 is 22.6 Å². The molecule has 96 valence electrons. The van der Waals surface area contributed by atoms with Crippen molar-refractivity contribution in [2.24, 2.45) is 0 Å². The number of hydrogen-bond donors (Lipinski definition) is 1. The summed E-state index contributed by atoms with van der Waals surface area (Å²) < 4.78 is 24.5. The number of hydrogen-bond acceptors (Lipinski definition) is 5. The van der Waals surface area contributed by atoms with E-state index in [1.54, 1.807) is 21.0 Å². The van der Waals surface area contributed by atoms with Gasteiger partial charge in [-0.1, -0.05) is 5.92 Å². The molecule has 17 heavy (non-hydrogen) atoms. The molecule has 0 amide bonds. The summed E-state index contributed by atoms with van der Waals surface area (Å²) in [4.78, 5) is 0. The molecule has 0 unspecified atom stereocenters. The van der Waals surface area contributed by atoms with Crippen LogP contribution in [0.1, 0.15) is 13.8 Å². The zero-order chi connectivity index (χ0) is 12.7. The van der Waals surface area contributed by atoms with E-state index in [0.717, 1.165) is 0 Å². The average molecular weight is 354 g/mol. The fraction of sp³-hybridized carbons (Fsp3) is 0.818. The summed E-state index contributed by atoms with van der Waals surface area (Å²) in [6.07, 6.45) is -1.78. The van der Waals surface area contributed by atoms with E-state index in [9.17, 15) is 5.11 Å². The smallest absolute Gasteiger partial charge is 0.191 e. The topological polar surface area (TPSA) is 57.2 Å². The second-order valence-electron chi connectivity index (χ2n) is 4.55. The minimum atomic E-state index is -1.39. The van der Waals surface area contributed by atoms with Crippen LogP contribution in [0.25, 0.3) is 0 Å². The van der Waals surface area contributed by atoms with Gasteiger partial charge in [0.2, 0.25) is 0 Å². The molecule has 4 atom stereocenters. The Labute approximate surface area is 114 Å². The molecule has 0 spiro atoms. The molecule has 0 radical (unpaired) electrons. The van der Waals surface area contributed by atoms with Gasteiger partial charge in [-0.25, -0.2) is 0 Å². The van der Waals surface area contributed by atoms with E-state index in [2.05, 4.69) is 9.85 Å². The van der Waals surface area contributed by atoms with Gasteiger partial charge in [-0.15, -0.1) is 0 Å². The zero-order valence-electron chi connectivity index (χ0n) is 9.90. The van der Waals surface area contributed by atoms with E-state index in [4.69, 9.17) is 18.9 Å². The minimum Gasteiger partial charge on any atom is -0.382 e. The summed E-state index contributed by atoms with van der Waals surface area (Å²) in [5.74, 6) is 1.98. The van der Waals surface area contributed by atoms with Crippen LogP contribution in [-0.2, 0) is 18.9 Å². The highest BCUT2D eigenvalue weighted by molar-refractivity contribution is 14.1. The number of rotatable bonds is 2. The van der Waals surface area contributed by atoms with E-state index >= 15 is 0 Å². The predicted molar refractivity (Wildman–Crippen MR) is 67.3 cm³/mol. The lowest BCUT2D eigenvalue weighted by molar-refractivity contribution is -0.226. The van der Waals surface area contributed by atoms with Gasteiger partial charge in [-0.3, -0.25) is 0 Å². The third-order valence-electron chi connectivity index (χ3n) is 2.85. The highest BCUT2D eigenvalue weighted by Crippen LogP contribution is 2.42. The first kappa shape index (κ1) is 13.5. The lowest BCUT2D eigenvalue weighted by atomic mass is 9.94. The maximum Gasteiger partial charge on any atom is 0.191 e. The van der Waals surface area contributed by atoms with Crippen LogP contribution in [0.5, 0.6) is 0 Å². The van der Waals surface area contributed by atoms with Crippen LogP contribution < -0.4 is 0 Å². The summed E-state index contributed by atoms with van der Waals surface area (Å²) in [5, 5.41) is 10.6. The van der Waals surface area contributed by atoms with Gasteiger partial charge in [0.25, 0.3) is 0 Å². The van der Waals surface area contributed by atoms with Crippen molar-refractivity contribution < 1.29 is 24.1 Å². The Morgan fingerprint density at radius 1 is 1.41 bits per heavy atom. The molecule has 2 heterocycles. The van der Waals surface area contributed by atoms with Gasteiger partial charge in [0.15, 0.2) is 23.8 Å². The van der Waals surface area contributed by atoms with Gasteiger partial charge in [0.05, 0.1) is 6.61 Å². The molecule has 1 N–H and O–H groups in total. The number of methoxy groups -OCH3 is 1. The molecule has 0 saturated carbocycles. The second-order valence-corrected chi connectivity index (χ2v) is 5.09. The maximum absolute atomic E-state index is 10.6. The monoisotopic (exact) mass is 354 g/mol. The largest absolute Gasteiger partial charge is 0.382 e. The van der Waals surface area contributed by atoms with Crippen molar-refractivity contribution in [1.29, 1.82) is 0 Å². The van der Waals surface area contributed by atoms with E-state index in [1.807, 2.05) is 22.6 Å². The normalized spacial score (nSPS) is 43.0. The molecule has 5 nitrogen and oxygen atoms in total. The summed E-state index contributed by atoms with van der Waals surface area (Å²) in [6, 6.07) is 0. The van der Waals surface area contributed by atoms with Gasteiger partial charge in [-0.2, -0.15) is 0 Å². The molecule has 0 aliphatic carbocycles. The summed E-state index contributed by atoms with van der Waals surface area (Å²) in [5.41, 5.74) is -1.39. The molecule has 2 aliphatic rings. The Bertz CT molecular complexity index is 361. The Balaban J connectivity index is 2.26. The number of halogens is 1. The Hall–Kier alpha value is 0.0900. The highest BCUT2D eigenvalue weighted by atomic mass is 127. The molecular weight excluding hydrogens is 339 g/mol. The van der Waals surface area contributed by atoms with Crippen LogP contribution in [0.15, 0.2) is 0 Å². The van der Waals surface area contributed by atoms with E-state index < -0.39 is 29.9 Å². The van der Waals surface area contributed by atoms with Crippen molar-refractivity contribution in [3.05, 3.63) is 0 Å². The predicted octanol–water partition coefficient (Wildman–Crippen LogP) is 0.636. The van der Waals surface area contributed by atoms with Gasteiger partial charge in [0, 0.05) is 29.7 Å². The minimum absolute atomic E-state index is 0.238. The van der Waals surface area contributed by atoms with Crippen molar-refractivity contribution in [3.8, 4) is 9.85 Å². The Morgan fingerprint density at radius 3 is 2.71 bits per heavy atom. The third kappa shape index (κ3) is 2.32. The van der Waals surface area contributed by atoms with E-state index in [1.165, 1.54) is 0 Å². The van der Waals surface area contributed by atoms with Gasteiger partial charge in [-0.05, 0) is 17.8 Å². The summed E-state index contributed by atoms with van der Waals surface area (Å²) in [7, 11) is 1.54. The fourth-order valence-electron chi connectivity index (χ4n) is 2.12. The molecule has 2 fully saturated rings. The molecule has 0 aromatic carbocycles. The first-order chi connectivity index (χ1) is 7.93. The lowest BCUT2D eigenvalue weighted by Crippen LogP contribution is -2.49. The van der Waals surface area contributed by atoms with Crippen LogP contribution in [0.4, 0.5) is 0 Å². The lowest BCUT2D eigenvalue weighted by Gasteiger charge is -2.28. The molecule has 0 bridgehead atoms. The molecule has 0 aromatic heterocycles. The number of ether oxygens (including phenoxy) is 4. The molecule has 2 saturated heterocycles. The van der Waals surface area contributed by atoms with Crippen LogP contribution in [0, 0.1) is 9.85 Å². The van der Waals surface area contributed by atoms with Crippen LogP contribution in [-0.4, -0.2) is 48.7 Å². The van der Waals surface area contributed by atoms with Gasteiger partial charge in [0.1, 0.15) is 6.10 Å². The molecule has 6 heteroatoms. The third-order valence-corrected chi connectivity index (χ3v) is 3.12. The molecule has 2 aliphatic heterocycles. The average Bonchev–Trinajstić information content (AvgIpc) is 2.63. The fourth-order valence-corrected chi connectivity index (χ4v) is 2.55.